The van der Waals surface area contributed by atoms with Crippen LogP contribution in [0.4, 0.5) is 0 Å². The summed E-state index contributed by atoms with van der Waals surface area (Å²) in [5.41, 5.74) is 0.0147. The maximum atomic E-state index is 10.4. The maximum Gasteiger partial charge on any atom is 0.0716 e. The summed E-state index contributed by atoms with van der Waals surface area (Å²) in [7, 11) is 0. The highest BCUT2D eigenvalue weighted by atomic mass is 16.3. The lowest BCUT2D eigenvalue weighted by molar-refractivity contribution is 0.0708. The quantitative estimate of drug-likeness (QED) is 0.661. The second kappa shape index (κ2) is 2.73. The van der Waals surface area contributed by atoms with Crippen LogP contribution in [0.15, 0.2) is 0 Å². The topological polar surface area (TPSA) is 20.2 Å². The van der Waals surface area contributed by atoms with Crippen molar-refractivity contribution in [3.8, 4) is 0 Å². The average Bonchev–Trinajstić information content (AvgIpc) is 2.55. The van der Waals surface area contributed by atoms with E-state index in [1.807, 2.05) is 0 Å². The van der Waals surface area contributed by atoms with Gasteiger partial charge in [-0.15, -0.1) is 0 Å². The van der Waals surface area contributed by atoms with Crippen molar-refractivity contribution in [1.82, 2.24) is 0 Å². The molecule has 0 spiro atoms. The third kappa shape index (κ3) is 1.63. The first-order valence-electron chi connectivity index (χ1n) is 5.66. The van der Waals surface area contributed by atoms with Crippen molar-refractivity contribution < 1.29 is 5.11 Å². The summed E-state index contributed by atoms with van der Waals surface area (Å²) in [5.74, 6) is 1.31. The van der Waals surface area contributed by atoms with Crippen LogP contribution in [0.3, 0.4) is 0 Å². The van der Waals surface area contributed by atoms with Gasteiger partial charge in [-0.3, -0.25) is 0 Å². The molecule has 0 saturated heterocycles. The van der Waals surface area contributed by atoms with Crippen LogP contribution in [0.5, 0.6) is 0 Å². The van der Waals surface area contributed by atoms with Crippen molar-refractivity contribution in [3.05, 3.63) is 0 Å². The fourth-order valence-electron chi connectivity index (χ4n) is 3.33. The van der Waals surface area contributed by atoms with Gasteiger partial charge in [0.1, 0.15) is 0 Å². The van der Waals surface area contributed by atoms with E-state index in [4.69, 9.17) is 0 Å². The molecular weight excluding hydrogens is 160 g/mol. The zero-order chi connectivity index (χ0) is 9.69. The maximum absolute atomic E-state index is 10.4. The van der Waals surface area contributed by atoms with Crippen molar-refractivity contribution in [3.63, 3.8) is 0 Å². The highest BCUT2D eigenvalue weighted by Crippen LogP contribution is 2.62. The fourth-order valence-corrected chi connectivity index (χ4v) is 3.33. The number of aliphatic hydroxyl groups is 1. The van der Waals surface area contributed by atoms with Crippen LogP contribution in [0.25, 0.3) is 0 Å². The third-order valence-electron chi connectivity index (χ3n) is 3.75. The molecule has 2 fully saturated rings. The second-order valence-electron chi connectivity index (χ2n) is 6.23. The molecule has 2 aliphatic rings. The van der Waals surface area contributed by atoms with Gasteiger partial charge in [-0.2, -0.15) is 0 Å². The van der Waals surface area contributed by atoms with Crippen LogP contribution in [-0.4, -0.2) is 10.7 Å². The largest absolute Gasteiger partial charge is 0.389 e. The number of hydrogen-bond acceptors (Lipinski definition) is 1. The molecule has 0 radical (unpaired) electrons. The summed E-state index contributed by atoms with van der Waals surface area (Å²) in [6, 6.07) is 0. The van der Waals surface area contributed by atoms with E-state index in [9.17, 15) is 5.11 Å². The highest BCUT2D eigenvalue weighted by Gasteiger charge is 2.64. The van der Waals surface area contributed by atoms with E-state index in [0.29, 0.717) is 11.8 Å². The summed E-state index contributed by atoms with van der Waals surface area (Å²) in [4.78, 5) is 0. The van der Waals surface area contributed by atoms with Crippen LogP contribution < -0.4 is 0 Å². The SMILES string of the molecule is CC(C)(C)CC1(O)C2CCCCC21. The first-order chi connectivity index (χ1) is 5.93. The van der Waals surface area contributed by atoms with Crippen molar-refractivity contribution in [2.24, 2.45) is 17.3 Å². The van der Waals surface area contributed by atoms with Gasteiger partial charge in [0.05, 0.1) is 5.60 Å². The van der Waals surface area contributed by atoms with E-state index < -0.39 is 0 Å². The molecule has 0 heterocycles. The van der Waals surface area contributed by atoms with Gasteiger partial charge in [-0.1, -0.05) is 33.6 Å². The Balaban J connectivity index is 2.00. The molecular formula is C12H22O. The van der Waals surface area contributed by atoms with Gasteiger partial charge in [-0.05, 0) is 36.5 Å². The zero-order valence-electron chi connectivity index (χ0n) is 9.14. The van der Waals surface area contributed by atoms with E-state index in [1.165, 1.54) is 25.7 Å². The molecule has 0 aliphatic heterocycles. The van der Waals surface area contributed by atoms with Gasteiger partial charge in [-0.25, -0.2) is 0 Å². The average molecular weight is 182 g/mol. The lowest BCUT2D eigenvalue weighted by Crippen LogP contribution is -2.22. The summed E-state index contributed by atoms with van der Waals surface area (Å²) >= 11 is 0. The summed E-state index contributed by atoms with van der Waals surface area (Å²) < 4.78 is 0. The Bertz CT molecular complexity index is 190. The Hall–Kier alpha value is -0.0400. The molecule has 2 saturated carbocycles. The molecule has 0 bridgehead atoms. The number of rotatable bonds is 1. The molecule has 2 aliphatic carbocycles. The van der Waals surface area contributed by atoms with Gasteiger partial charge < -0.3 is 5.11 Å². The first-order valence-corrected chi connectivity index (χ1v) is 5.66. The Morgan fingerprint density at radius 2 is 1.62 bits per heavy atom. The van der Waals surface area contributed by atoms with Gasteiger partial charge >= 0.3 is 0 Å². The van der Waals surface area contributed by atoms with Crippen molar-refractivity contribution in [2.75, 3.05) is 0 Å². The molecule has 1 nitrogen and oxygen atoms in total. The molecule has 0 aromatic rings. The van der Waals surface area contributed by atoms with Crippen molar-refractivity contribution in [2.45, 2.75) is 58.5 Å². The lowest BCUT2D eigenvalue weighted by Gasteiger charge is -2.23. The molecule has 2 rings (SSSR count). The minimum atomic E-state index is -0.269. The zero-order valence-corrected chi connectivity index (χ0v) is 9.14. The number of hydrogen-bond donors (Lipinski definition) is 1. The Morgan fingerprint density at radius 1 is 1.15 bits per heavy atom. The molecule has 2 atom stereocenters. The molecule has 0 aromatic carbocycles. The third-order valence-corrected chi connectivity index (χ3v) is 3.75. The Labute approximate surface area is 81.5 Å². The molecule has 0 amide bonds. The van der Waals surface area contributed by atoms with Crippen molar-refractivity contribution >= 4 is 0 Å². The van der Waals surface area contributed by atoms with E-state index in [-0.39, 0.29) is 11.0 Å². The van der Waals surface area contributed by atoms with Crippen molar-refractivity contribution in [1.29, 1.82) is 0 Å². The van der Waals surface area contributed by atoms with Gasteiger partial charge in [0.2, 0.25) is 0 Å². The summed E-state index contributed by atoms with van der Waals surface area (Å²) in [6.07, 6.45) is 6.23. The molecule has 1 N–H and O–H groups in total. The first kappa shape index (κ1) is 9.51. The predicted octanol–water partition coefficient (Wildman–Crippen LogP) is 2.97. The minimum absolute atomic E-state index is 0.269. The fraction of sp³-hybridized carbons (Fsp3) is 1.00. The van der Waals surface area contributed by atoms with E-state index in [0.717, 1.165) is 6.42 Å². The molecule has 2 unspecified atom stereocenters. The Morgan fingerprint density at radius 3 is 2.00 bits per heavy atom. The van der Waals surface area contributed by atoms with E-state index >= 15 is 0 Å². The van der Waals surface area contributed by atoms with Crippen LogP contribution in [0.2, 0.25) is 0 Å². The monoisotopic (exact) mass is 182 g/mol. The lowest BCUT2D eigenvalue weighted by atomic mass is 9.86. The number of fused-ring (bicyclic) bond motifs is 1. The van der Waals surface area contributed by atoms with Gasteiger partial charge in [0.15, 0.2) is 0 Å². The van der Waals surface area contributed by atoms with Gasteiger partial charge in [0.25, 0.3) is 0 Å². The highest BCUT2D eigenvalue weighted by molar-refractivity contribution is 5.14. The molecule has 76 valence electrons. The van der Waals surface area contributed by atoms with Crippen LogP contribution in [-0.2, 0) is 0 Å². The summed E-state index contributed by atoms with van der Waals surface area (Å²) in [6.45, 7) is 6.69. The minimum Gasteiger partial charge on any atom is -0.389 e. The van der Waals surface area contributed by atoms with Crippen LogP contribution in [0.1, 0.15) is 52.9 Å². The molecule has 0 aromatic heterocycles. The molecule has 13 heavy (non-hydrogen) atoms. The van der Waals surface area contributed by atoms with E-state index in [1.54, 1.807) is 0 Å². The standard InChI is InChI=1S/C12H22O/c1-11(2,3)8-12(13)9-6-4-5-7-10(9)12/h9-10,13H,4-8H2,1-3H3. The smallest absolute Gasteiger partial charge is 0.0716 e. The second-order valence-corrected chi connectivity index (χ2v) is 6.23. The molecule has 1 heteroatoms. The van der Waals surface area contributed by atoms with E-state index in [2.05, 4.69) is 20.8 Å². The Kier molecular flexibility index (Phi) is 1.99. The summed E-state index contributed by atoms with van der Waals surface area (Å²) in [5, 5.41) is 10.4. The normalized spacial score (nSPS) is 44.3. The predicted molar refractivity (Wildman–Crippen MR) is 54.5 cm³/mol. The van der Waals surface area contributed by atoms with Crippen LogP contribution in [0, 0.1) is 17.3 Å². The van der Waals surface area contributed by atoms with Gasteiger partial charge in [0, 0.05) is 0 Å². The van der Waals surface area contributed by atoms with Crippen LogP contribution >= 0.6 is 0 Å².